The first-order chi connectivity index (χ1) is 14.0. The molecule has 0 saturated carbocycles. The fraction of sp³-hybridized carbons (Fsp3) is 0.500. The topological polar surface area (TPSA) is 179 Å². The number of carboxylic acid groups (broad SMARTS) is 2. The van der Waals surface area contributed by atoms with Gasteiger partial charge in [0.15, 0.2) is 0 Å². The molecule has 0 fully saturated rings. The van der Waals surface area contributed by atoms with Crippen LogP contribution in [0.2, 0.25) is 0 Å². The summed E-state index contributed by atoms with van der Waals surface area (Å²) in [5, 5.41) is 32.5. The molecule has 10 heteroatoms. The molecular weight excluding hydrogens is 394 g/mol. The number of amides is 2. The zero-order chi connectivity index (χ0) is 22.8. The predicted molar refractivity (Wildman–Crippen MR) is 108 cm³/mol. The highest BCUT2D eigenvalue weighted by molar-refractivity contribution is 5.92. The van der Waals surface area contributed by atoms with Crippen LogP contribution in [0.4, 0.5) is 0 Å². The first-order valence-corrected chi connectivity index (χ1v) is 9.64. The van der Waals surface area contributed by atoms with E-state index in [1.54, 1.807) is 6.92 Å². The van der Waals surface area contributed by atoms with E-state index in [0.29, 0.717) is 12.0 Å². The molecule has 0 bridgehead atoms. The summed E-state index contributed by atoms with van der Waals surface area (Å²) in [6.45, 7) is 3.63. The van der Waals surface area contributed by atoms with Gasteiger partial charge in [-0.25, -0.2) is 4.79 Å². The largest absolute Gasteiger partial charge is 0.508 e. The molecule has 4 unspecified atom stereocenters. The van der Waals surface area contributed by atoms with Crippen molar-refractivity contribution in [3.8, 4) is 5.75 Å². The van der Waals surface area contributed by atoms with Gasteiger partial charge in [0.1, 0.15) is 17.8 Å². The van der Waals surface area contributed by atoms with Gasteiger partial charge in [0.05, 0.1) is 6.04 Å². The highest BCUT2D eigenvalue weighted by Crippen LogP contribution is 2.12. The Morgan fingerprint density at radius 2 is 1.57 bits per heavy atom. The molecule has 0 aromatic heterocycles. The number of aliphatic carboxylic acids is 2. The van der Waals surface area contributed by atoms with E-state index in [9.17, 15) is 29.4 Å². The molecule has 0 aliphatic heterocycles. The molecule has 4 atom stereocenters. The van der Waals surface area contributed by atoms with E-state index in [2.05, 4.69) is 10.6 Å². The average Bonchev–Trinajstić information content (AvgIpc) is 2.70. The highest BCUT2D eigenvalue weighted by atomic mass is 16.4. The molecular formula is C20H29N3O7. The minimum absolute atomic E-state index is 0.0174. The third-order valence-electron chi connectivity index (χ3n) is 4.83. The maximum atomic E-state index is 12.6. The summed E-state index contributed by atoms with van der Waals surface area (Å²) in [7, 11) is 0. The van der Waals surface area contributed by atoms with Crippen molar-refractivity contribution in [2.45, 2.75) is 57.7 Å². The predicted octanol–water partition coefficient (Wildman–Crippen LogP) is 0.227. The summed E-state index contributed by atoms with van der Waals surface area (Å²) in [5.41, 5.74) is 6.43. The van der Waals surface area contributed by atoms with E-state index in [-0.39, 0.29) is 24.5 Å². The van der Waals surface area contributed by atoms with Crippen molar-refractivity contribution in [1.29, 1.82) is 0 Å². The molecule has 1 aromatic carbocycles. The smallest absolute Gasteiger partial charge is 0.326 e. The summed E-state index contributed by atoms with van der Waals surface area (Å²) < 4.78 is 0. The van der Waals surface area contributed by atoms with Gasteiger partial charge in [-0.15, -0.1) is 0 Å². The fourth-order valence-electron chi connectivity index (χ4n) is 2.66. The molecule has 30 heavy (non-hydrogen) atoms. The van der Waals surface area contributed by atoms with Gasteiger partial charge in [0, 0.05) is 12.8 Å². The molecule has 0 saturated heterocycles. The minimum Gasteiger partial charge on any atom is -0.508 e. The summed E-state index contributed by atoms with van der Waals surface area (Å²) >= 11 is 0. The monoisotopic (exact) mass is 423 g/mol. The van der Waals surface area contributed by atoms with Gasteiger partial charge in [-0.05, 0) is 30.0 Å². The Kier molecular flexibility index (Phi) is 9.76. The van der Waals surface area contributed by atoms with Crippen LogP contribution in [0.15, 0.2) is 24.3 Å². The Hall–Kier alpha value is -3.14. The number of rotatable bonds is 12. The SMILES string of the molecule is CCC(C)C(N)C(=O)NC(CCC(=O)O)C(=O)NC(Cc1ccc(O)cc1)C(=O)O. The van der Waals surface area contributed by atoms with Crippen LogP contribution in [0.25, 0.3) is 0 Å². The Morgan fingerprint density at radius 3 is 2.07 bits per heavy atom. The summed E-state index contributed by atoms with van der Waals surface area (Å²) in [6.07, 6.45) is -0.0417. The molecule has 7 N–H and O–H groups in total. The van der Waals surface area contributed by atoms with Crippen LogP contribution in [-0.4, -0.2) is 57.2 Å². The van der Waals surface area contributed by atoms with Crippen LogP contribution < -0.4 is 16.4 Å². The number of phenols is 1. The van der Waals surface area contributed by atoms with Crippen LogP contribution >= 0.6 is 0 Å². The number of carbonyl (C=O) groups excluding carboxylic acids is 2. The molecule has 0 spiro atoms. The molecule has 10 nitrogen and oxygen atoms in total. The fourth-order valence-corrected chi connectivity index (χ4v) is 2.66. The number of carbonyl (C=O) groups is 4. The number of nitrogens with two attached hydrogens (primary N) is 1. The molecule has 1 rings (SSSR count). The van der Waals surface area contributed by atoms with Gasteiger partial charge in [-0.1, -0.05) is 32.4 Å². The van der Waals surface area contributed by atoms with E-state index < -0.39 is 48.3 Å². The number of carboxylic acids is 2. The molecule has 0 aliphatic carbocycles. The standard InChI is InChI=1S/C20H29N3O7/c1-3-11(2)17(21)19(28)22-14(8-9-16(25)26)18(27)23-15(20(29)30)10-12-4-6-13(24)7-5-12/h4-7,11,14-15,17,24H,3,8-10,21H2,1-2H3,(H,22,28)(H,23,27)(H,25,26)(H,29,30). The van der Waals surface area contributed by atoms with Crippen LogP contribution in [0.5, 0.6) is 5.75 Å². The second kappa shape index (κ2) is 11.8. The first kappa shape index (κ1) is 24.9. The summed E-state index contributed by atoms with van der Waals surface area (Å²) in [6, 6.07) is 2.38. The molecule has 0 heterocycles. The molecule has 0 radical (unpaired) electrons. The van der Waals surface area contributed by atoms with E-state index in [1.165, 1.54) is 24.3 Å². The molecule has 2 amide bonds. The lowest BCUT2D eigenvalue weighted by atomic mass is 9.98. The zero-order valence-electron chi connectivity index (χ0n) is 17.0. The molecule has 166 valence electrons. The van der Waals surface area contributed by atoms with E-state index in [4.69, 9.17) is 10.8 Å². The van der Waals surface area contributed by atoms with Gasteiger partial charge >= 0.3 is 11.9 Å². The van der Waals surface area contributed by atoms with Gasteiger partial charge < -0.3 is 31.7 Å². The van der Waals surface area contributed by atoms with Gasteiger partial charge in [-0.2, -0.15) is 0 Å². The Bertz CT molecular complexity index is 751. The average molecular weight is 423 g/mol. The van der Waals surface area contributed by atoms with Crippen molar-refractivity contribution in [2.24, 2.45) is 11.7 Å². The van der Waals surface area contributed by atoms with Gasteiger partial charge in [-0.3, -0.25) is 14.4 Å². The van der Waals surface area contributed by atoms with Crippen molar-refractivity contribution >= 4 is 23.8 Å². The lowest BCUT2D eigenvalue weighted by Crippen LogP contribution is -2.55. The normalized spacial score (nSPS) is 14.8. The molecule has 0 aliphatic rings. The number of benzene rings is 1. The summed E-state index contributed by atoms with van der Waals surface area (Å²) in [5.74, 6) is -4.02. The van der Waals surface area contributed by atoms with Crippen LogP contribution in [0.1, 0.15) is 38.7 Å². The van der Waals surface area contributed by atoms with Crippen molar-refractivity contribution in [1.82, 2.24) is 10.6 Å². The Morgan fingerprint density at radius 1 is 1.00 bits per heavy atom. The van der Waals surface area contributed by atoms with E-state index in [0.717, 1.165) is 0 Å². The van der Waals surface area contributed by atoms with Crippen molar-refractivity contribution < 1.29 is 34.5 Å². The minimum atomic E-state index is -1.31. The zero-order valence-corrected chi connectivity index (χ0v) is 17.0. The lowest BCUT2D eigenvalue weighted by molar-refractivity contribution is -0.143. The molecule has 1 aromatic rings. The Balaban J connectivity index is 2.91. The van der Waals surface area contributed by atoms with Crippen molar-refractivity contribution in [2.75, 3.05) is 0 Å². The Labute approximate surface area is 174 Å². The van der Waals surface area contributed by atoms with Gasteiger partial charge in [0.25, 0.3) is 0 Å². The number of hydrogen-bond acceptors (Lipinski definition) is 6. The first-order valence-electron chi connectivity index (χ1n) is 9.64. The third-order valence-corrected chi connectivity index (χ3v) is 4.83. The number of aromatic hydroxyl groups is 1. The van der Waals surface area contributed by atoms with Crippen LogP contribution in [0.3, 0.4) is 0 Å². The van der Waals surface area contributed by atoms with Crippen LogP contribution in [-0.2, 0) is 25.6 Å². The number of hydrogen-bond donors (Lipinski definition) is 6. The quantitative estimate of drug-likeness (QED) is 0.276. The number of phenolic OH excluding ortho intramolecular Hbond substituents is 1. The van der Waals surface area contributed by atoms with Crippen molar-refractivity contribution in [3.05, 3.63) is 29.8 Å². The lowest BCUT2D eigenvalue weighted by Gasteiger charge is -2.24. The summed E-state index contributed by atoms with van der Waals surface area (Å²) in [4.78, 5) is 47.5. The van der Waals surface area contributed by atoms with E-state index >= 15 is 0 Å². The second-order valence-electron chi connectivity index (χ2n) is 7.17. The second-order valence-corrected chi connectivity index (χ2v) is 7.17. The number of nitrogens with one attached hydrogen (secondary N) is 2. The van der Waals surface area contributed by atoms with Crippen LogP contribution in [0, 0.1) is 5.92 Å². The highest BCUT2D eigenvalue weighted by Gasteiger charge is 2.29. The van der Waals surface area contributed by atoms with Crippen molar-refractivity contribution in [3.63, 3.8) is 0 Å². The maximum absolute atomic E-state index is 12.6. The maximum Gasteiger partial charge on any atom is 0.326 e. The van der Waals surface area contributed by atoms with Gasteiger partial charge in [0.2, 0.25) is 11.8 Å². The third kappa shape index (κ3) is 8.08. The van der Waals surface area contributed by atoms with E-state index in [1.807, 2.05) is 6.92 Å².